The fourth-order valence-corrected chi connectivity index (χ4v) is 4.55. The molecule has 2 bridgehead atoms. The normalized spacial score (nSPS) is 29.6. The van der Waals surface area contributed by atoms with Gasteiger partial charge in [0.1, 0.15) is 0 Å². The maximum atomic E-state index is 5.80. The van der Waals surface area contributed by atoms with Crippen LogP contribution in [0.4, 0.5) is 0 Å². The van der Waals surface area contributed by atoms with Crippen molar-refractivity contribution in [1.82, 2.24) is 0 Å². The molecule has 1 heteroatoms. The molecule has 1 aliphatic heterocycles. The van der Waals surface area contributed by atoms with Crippen LogP contribution in [0.2, 0.25) is 0 Å². The zero-order valence-electron chi connectivity index (χ0n) is 16.9. The summed E-state index contributed by atoms with van der Waals surface area (Å²) in [7, 11) is 0. The Morgan fingerprint density at radius 3 is 1.56 bits per heavy atom. The lowest BCUT2D eigenvalue weighted by Crippen LogP contribution is -2.03. The molecule has 0 aromatic carbocycles. The zero-order valence-corrected chi connectivity index (χ0v) is 16.9. The molecule has 1 aliphatic carbocycles. The molecule has 0 aromatic rings. The van der Waals surface area contributed by atoms with E-state index in [9.17, 15) is 0 Å². The van der Waals surface area contributed by atoms with E-state index in [4.69, 9.17) is 4.74 Å². The Hall–Kier alpha value is -0.300. The van der Waals surface area contributed by atoms with E-state index >= 15 is 0 Å². The monoisotopic (exact) mass is 348 g/mol. The second kappa shape index (κ2) is 14.8. The molecule has 1 unspecified atom stereocenters. The third-order valence-electron chi connectivity index (χ3n) is 6.19. The Labute approximate surface area is 158 Å². The van der Waals surface area contributed by atoms with Crippen LogP contribution in [0, 0.1) is 5.92 Å². The summed E-state index contributed by atoms with van der Waals surface area (Å²) in [6.45, 7) is 1.98. The molecule has 0 amide bonds. The van der Waals surface area contributed by atoms with Crippen LogP contribution in [0.1, 0.15) is 122 Å². The highest BCUT2D eigenvalue weighted by Gasteiger charge is 2.10. The van der Waals surface area contributed by atoms with Crippen molar-refractivity contribution < 1.29 is 4.74 Å². The van der Waals surface area contributed by atoms with Crippen molar-refractivity contribution in [2.45, 2.75) is 122 Å². The number of hydrogen-bond donors (Lipinski definition) is 0. The van der Waals surface area contributed by atoms with Gasteiger partial charge in [0.25, 0.3) is 0 Å². The van der Waals surface area contributed by atoms with Gasteiger partial charge >= 0.3 is 0 Å². The van der Waals surface area contributed by atoms with Crippen molar-refractivity contribution in [3.8, 4) is 0 Å². The van der Waals surface area contributed by atoms with Crippen molar-refractivity contribution in [3.05, 3.63) is 11.6 Å². The van der Waals surface area contributed by atoms with Crippen molar-refractivity contribution in [2.75, 3.05) is 13.2 Å². The molecule has 1 heterocycles. The average Bonchev–Trinajstić information content (AvgIpc) is 2.62. The third kappa shape index (κ3) is 11.1. The minimum atomic E-state index is 0.863. The lowest BCUT2D eigenvalue weighted by Gasteiger charge is -2.18. The van der Waals surface area contributed by atoms with Gasteiger partial charge in [-0.15, -0.1) is 0 Å². The maximum Gasteiger partial charge on any atom is 0.0466 e. The summed E-state index contributed by atoms with van der Waals surface area (Å²) < 4.78 is 5.80. The van der Waals surface area contributed by atoms with Crippen LogP contribution in [0.3, 0.4) is 0 Å². The van der Waals surface area contributed by atoms with Crippen LogP contribution >= 0.6 is 0 Å². The molecule has 2 aliphatic rings. The minimum absolute atomic E-state index is 0.863. The van der Waals surface area contributed by atoms with Crippen molar-refractivity contribution in [1.29, 1.82) is 0 Å². The van der Waals surface area contributed by atoms with Gasteiger partial charge in [-0.3, -0.25) is 0 Å². The lowest BCUT2D eigenvalue weighted by atomic mass is 9.89. The summed E-state index contributed by atoms with van der Waals surface area (Å²) >= 11 is 0. The molecule has 1 atom stereocenters. The first-order valence-electron chi connectivity index (χ1n) is 11.7. The van der Waals surface area contributed by atoms with E-state index in [1.54, 1.807) is 5.57 Å². The number of ether oxygens (including phenoxy) is 1. The predicted octanol–water partition coefficient (Wildman–Crippen LogP) is 7.98. The quantitative estimate of drug-likeness (QED) is 0.403. The summed E-state index contributed by atoms with van der Waals surface area (Å²) in [6.07, 6.45) is 29.6. The van der Waals surface area contributed by atoms with E-state index in [0.717, 1.165) is 19.1 Å². The summed E-state index contributed by atoms with van der Waals surface area (Å²) in [6, 6.07) is 0. The summed E-state index contributed by atoms with van der Waals surface area (Å²) in [5.41, 5.74) is 1.81. The van der Waals surface area contributed by atoms with Gasteiger partial charge in [0, 0.05) is 13.2 Å². The number of fused-ring (bicyclic) bond motifs is 1. The minimum Gasteiger partial charge on any atom is -0.381 e. The highest BCUT2D eigenvalue weighted by atomic mass is 16.5. The Morgan fingerprint density at radius 1 is 0.520 bits per heavy atom. The van der Waals surface area contributed by atoms with Crippen LogP contribution < -0.4 is 0 Å². The SMILES string of the molecule is C1=C2/CCCCCCCCCCCC/1CCCCCOCCCCC2. The smallest absolute Gasteiger partial charge is 0.0466 e. The first-order valence-corrected chi connectivity index (χ1v) is 11.7. The Bertz CT molecular complexity index is 305. The molecule has 1 nitrogen and oxygen atoms in total. The van der Waals surface area contributed by atoms with E-state index < -0.39 is 0 Å². The average molecular weight is 349 g/mol. The summed E-state index contributed by atoms with van der Waals surface area (Å²) in [4.78, 5) is 0. The van der Waals surface area contributed by atoms with Crippen LogP contribution in [0.25, 0.3) is 0 Å². The summed E-state index contributed by atoms with van der Waals surface area (Å²) in [5, 5.41) is 0. The number of rotatable bonds is 0. The van der Waals surface area contributed by atoms with Crippen LogP contribution in [0.5, 0.6) is 0 Å². The Kier molecular flexibility index (Phi) is 12.5. The number of hydrogen-bond acceptors (Lipinski definition) is 1. The fourth-order valence-electron chi connectivity index (χ4n) is 4.55. The first-order chi connectivity index (χ1) is 12.4. The molecule has 25 heavy (non-hydrogen) atoms. The van der Waals surface area contributed by atoms with Gasteiger partial charge < -0.3 is 4.74 Å². The lowest BCUT2D eigenvalue weighted by molar-refractivity contribution is 0.125. The molecule has 0 saturated heterocycles. The standard InChI is InChI=1S/C24H44O/c1-2-4-6-10-16-23-18-12-8-14-20-25-21-15-9-13-19-24(22-23)17-11-7-5-3-1/h22-23H,1-21H2/b24-22-. The van der Waals surface area contributed by atoms with E-state index in [1.807, 2.05) is 0 Å². The Balaban J connectivity index is 1.93. The fraction of sp³-hybridized carbons (Fsp3) is 0.917. The third-order valence-corrected chi connectivity index (χ3v) is 6.19. The van der Waals surface area contributed by atoms with Gasteiger partial charge in [-0.1, -0.05) is 82.3 Å². The molecule has 146 valence electrons. The second-order valence-electron chi connectivity index (χ2n) is 8.58. The van der Waals surface area contributed by atoms with E-state index in [-0.39, 0.29) is 0 Å². The van der Waals surface area contributed by atoms with E-state index in [2.05, 4.69) is 6.08 Å². The summed E-state index contributed by atoms with van der Waals surface area (Å²) in [5.74, 6) is 0.863. The van der Waals surface area contributed by atoms with Gasteiger partial charge in [-0.2, -0.15) is 0 Å². The molecule has 0 radical (unpaired) electrons. The Morgan fingerprint density at radius 2 is 0.960 bits per heavy atom. The van der Waals surface area contributed by atoms with Crippen LogP contribution in [0.15, 0.2) is 11.6 Å². The molecule has 0 spiro atoms. The van der Waals surface area contributed by atoms with Crippen LogP contribution in [-0.2, 0) is 4.74 Å². The zero-order chi connectivity index (χ0) is 17.4. The van der Waals surface area contributed by atoms with E-state index in [1.165, 1.54) is 122 Å². The van der Waals surface area contributed by atoms with Gasteiger partial charge in [0.15, 0.2) is 0 Å². The van der Waals surface area contributed by atoms with Crippen molar-refractivity contribution >= 4 is 0 Å². The maximum absolute atomic E-state index is 5.80. The highest BCUT2D eigenvalue weighted by molar-refractivity contribution is 5.05. The largest absolute Gasteiger partial charge is 0.381 e. The predicted molar refractivity (Wildman–Crippen MR) is 110 cm³/mol. The molecule has 0 aromatic heterocycles. The molecule has 0 N–H and O–H groups in total. The molecule has 2 rings (SSSR count). The van der Waals surface area contributed by atoms with Gasteiger partial charge in [0.05, 0.1) is 0 Å². The molecular weight excluding hydrogens is 304 g/mol. The van der Waals surface area contributed by atoms with Gasteiger partial charge in [0.2, 0.25) is 0 Å². The second-order valence-corrected chi connectivity index (χ2v) is 8.58. The van der Waals surface area contributed by atoms with Crippen LogP contribution in [-0.4, -0.2) is 13.2 Å². The van der Waals surface area contributed by atoms with Gasteiger partial charge in [-0.05, 0) is 57.3 Å². The van der Waals surface area contributed by atoms with Gasteiger partial charge in [-0.25, -0.2) is 0 Å². The first kappa shape index (κ1) is 21.0. The molecule has 0 saturated carbocycles. The molecule has 0 fully saturated rings. The highest BCUT2D eigenvalue weighted by Crippen LogP contribution is 2.26. The van der Waals surface area contributed by atoms with E-state index in [0.29, 0.717) is 0 Å². The van der Waals surface area contributed by atoms with Crippen molar-refractivity contribution in [2.24, 2.45) is 5.92 Å². The van der Waals surface area contributed by atoms with Crippen molar-refractivity contribution in [3.63, 3.8) is 0 Å². The molecular formula is C24H44O. The number of allylic oxidation sites excluding steroid dienone is 2. The topological polar surface area (TPSA) is 9.23 Å².